The van der Waals surface area contributed by atoms with Crippen LogP contribution >= 0.6 is 0 Å². The molecular formula is C45H54N8O6. The summed E-state index contributed by atoms with van der Waals surface area (Å²) in [5.74, 6) is 1.03. The lowest BCUT2D eigenvalue weighted by atomic mass is 9.81. The smallest absolute Gasteiger partial charge is 0.407 e. The number of piperidine rings is 1. The van der Waals surface area contributed by atoms with Crippen molar-refractivity contribution in [3.8, 4) is 22.4 Å². The number of aromatic amines is 2. The van der Waals surface area contributed by atoms with Gasteiger partial charge in [-0.05, 0) is 83.6 Å². The van der Waals surface area contributed by atoms with Crippen LogP contribution < -0.4 is 10.6 Å². The predicted octanol–water partition coefficient (Wildman–Crippen LogP) is 7.64. The first-order valence-electron chi connectivity index (χ1n) is 20.7. The van der Waals surface area contributed by atoms with Crippen molar-refractivity contribution in [2.75, 3.05) is 20.8 Å². The maximum atomic E-state index is 14.1. The second-order valence-corrected chi connectivity index (χ2v) is 17.4. The molecule has 2 aromatic heterocycles. The van der Waals surface area contributed by atoms with Crippen molar-refractivity contribution in [3.63, 3.8) is 0 Å². The Balaban J connectivity index is 1.01. The van der Waals surface area contributed by atoms with Gasteiger partial charge in [-0.1, -0.05) is 77.1 Å². The highest BCUT2D eigenvalue weighted by molar-refractivity contribution is 6.05. The minimum absolute atomic E-state index is 0.0913. The molecule has 0 spiro atoms. The van der Waals surface area contributed by atoms with Gasteiger partial charge < -0.3 is 39.9 Å². The summed E-state index contributed by atoms with van der Waals surface area (Å²) in [5.41, 5.74) is 5.63. The van der Waals surface area contributed by atoms with Crippen molar-refractivity contribution in [2.24, 2.45) is 17.3 Å². The number of fused-ring (bicyclic) bond motifs is 5. The average molecular weight is 803 g/mol. The van der Waals surface area contributed by atoms with Gasteiger partial charge in [-0.25, -0.2) is 19.6 Å². The van der Waals surface area contributed by atoms with Crippen molar-refractivity contribution in [1.82, 2.24) is 40.4 Å². The van der Waals surface area contributed by atoms with Crippen LogP contribution in [-0.4, -0.2) is 92.6 Å². The lowest BCUT2D eigenvalue weighted by Crippen LogP contribution is -2.54. The van der Waals surface area contributed by atoms with Gasteiger partial charge in [0, 0.05) is 18.0 Å². The number of ether oxygens (including phenoxy) is 2. The highest BCUT2D eigenvalue weighted by Crippen LogP contribution is 2.58. The number of imidazole rings is 2. The fourth-order valence-electron chi connectivity index (χ4n) is 9.72. The highest BCUT2D eigenvalue weighted by Gasteiger charge is 2.58. The third-order valence-corrected chi connectivity index (χ3v) is 12.8. The van der Waals surface area contributed by atoms with E-state index in [9.17, 15) is 19.2 Å². The molecule has 59 heavy (non-hydrogen) atoms. The number of methoxy groups -OCH3 is 2. The van der Waals surface area contributed by atoms with Gasteiger partial charge in [-0.2, -0.15) is 0 Å². The molecule has 3 aliphatic rings. The van der Waals surface area contributed by atoms with Gasteiger partial charge in [0.05, 0.1) is 49.2 Å². The molecule has 4 amide bonds. The number of benzene rings is 3. The van der Waals surface area contributed by atoms with Crippen LogP contribution in [0.4, 0.5) is 9.59 Å². The summed E-state index contributed by atoms with van der Waals surface area (Å²) in [6, 6.07) is 17.1. The maximum absolute atomic E-state index is 14.1. The number of nitrogens with one attached hydrogen (secondary N) is 4. The van der Waals surface area contributed by atoms with Crippen molar-refractivity contribution in [1.29, 1.82) is 0 Å². The SMILES string of the molecule is COC(=O)N[C@H](C(=O)N1CCC[C@H]1c1nc2ccc3cc(-c4ccc(-c5cnc([C@H]6N(C(=O)[C@@H](NC(=O)OC)C(C)C)[C@@H]7CCC6(C)C7)[nH]5)cc4)ccc3c2[nH]1)C(C)C. The van der Waals surface area contributed by atoms with Gasteiger partial charge in [-0.15, -0.1) is 0 Å². The Morgan fingerprint density at radius 1 is 0.814 bits per heavy atom. The zero-order valence-electron chi connectivity index (χ0n) is 34.8. The second kappa shape index (κ2) is 15.7. The largest absolute Gasteiger partial charge is 0.453 e. The molecule has 2 saturated heterocycles. The molecule has 2 aliphatic heterocycles. The Bertz CT molecular complexity index is 2400. The highest BCUT2D eigenvalue weighted by atomic mass is 16.5. The Labute approximate surface area is 343 Å². The quantitative estimate of drug-likeness (QED) is 0.111. The van der Waals surface area contributed by atoms with Crippen molar-refractivity contribution < 1.29 is 28.7 Å². The fraction of sp³-hybridized carbons (Fsp3) is 0.467. The topological polar surface area (TPSA) is 175 Å². The second-order valence-electron chi connectivity index (χ2n) is 17.4. The lowest BCUT2D eigenvalue weighted by molar-refractivity contribution is -0.140. The van der Waals surface area contributed by atoms with Gasteiger partial charge >= 0.3 is 12.2 Å². The van der Waals surface area contributed by atoms with Crippen LogP contribution in [0.5, 0.6) is 0 Å². The standard InChI is InChI=1S/C45H54N8O6/c1-24(2)35(50-43(56)58-6)41(54)52-20-8-9-34(52)39-47-32-17-15-29-21-28(14-16-31(29)37(32)49-39)26-10-12-27(13-11-26)33-23-46-40(48-33)38-45(5)19-18-30(22-45)53(38)42(55)36(25(3)4)51-44(57)59-7/h10-17,21,23-25,30,34-36,38H,8-9,18-20,22H2,1-7H3,(H,46,48)(H,47,49)(H,50,56)(H,51,57)/t30-,34+,35+,36+,38-,45?/m1/s1. The molecule has 8 rings (SSSR count). The van der Waals surface area contributed by atoms with Crippen LogP contribution in [-0.2, 0) is 19.1 Å². The Kier molecular flexibility index (Phi) is 10.6. The molecule has 14 nitrogen and oxygen atoms in total. The summed E-state index contributed by atoms with van der Waals surface area (Å²) >= 11 is 0. The molecule has 3 fully saturated rings. The molecular weight excluding hydrogens is 749 g/mol. The molecule has 1 unspecified atom stereocenters. The van der Waals surface area contributed by atoms with Gasteiger partial charge in [0.1, 0.15) is 23.7 Å². The molecule has 4 heterocycles. The van der Waals surface area contributed by atoms with E-state index in [4.69, 9.17) is 19.4 Å². The zero-order valence-corrected chi connectivity index (χ0v) is 34.8. The molecule has 2 bridgehead atoms. The number of alkyl carbamates (subject to hydrolysis) is 2. The average Bonchev–Trinajstić information content (AvgIpc) is 4.08. The van der Waals surface area contributed by atoms with Crippen LogP contribution in [0.15, 0.2) is 60.8 Å². The van der Waals surface area contributed by atoms with Crippen LogP contribution in [0.25, 0.3) is 44.2 Å². The van der Waals surface area contributed by atoms with Gasteiger partial charge in [0.2, 0.25) is 11.8 Å². The van der Waals surface area contributed by atoms with Crippen LogP contribution in [0, 0.1) is 17.3 Å². The Morgan fingerprint density at radius 3 is 2.15 bits per heavy atom. The van der Waals surface area contributed by atoms with E-state index >= 15 is 0 Å². The van der Waals surface area contributed by atoms with Crippen LogP contribution in [0.1, 0.15) is 90.5 Å². The lowest BCUT2D eigenvalue weighted by Gasteiger charge is -2.40. The molecule has 0 radical (unpaired) electrons. The first kappa shape index (κ1) is 39.9. The van der Waals surface area contributed by atoms with Gasteiger partial charge in [-0.3, -0.25) is 9.59 Å². The van der Waals surface area contributed by atoms with E-state index in [0.29, 0.717) is 6.54 Å². The number of hydrogen-bond acceptors (Lipinski definition) is 8. The predicted molar refractivity (Wildman–Crippen MR) is 224 cm³/mol. The van der Waals surface area contributed by atoms with E-state index in [-0.39, 0.29) is 47.2 Å². The van der Waals surface area contributed by atoms with E-state index in [1.165, 1.54) is 14.2 Å². The molecule has 1 aliphatic carbocycles. The van der Waals surface area contributed by atoms with E-state index in [2.05, 4.69) is 76.1 Å². The number of carbonyl (C=O) groups excluding carboxylic acids is 4. The fourth-order valence-corrected chi connectivity index (χ4v) is 9.72. The molecule has 310 valence electrons. The number of rotatable bonds is 10. The number of likely N-dealkylation sites (tertiary alicyclic amines) is 2. The Hall–Kier alpha value is -5.92. The summed E-state index contributed by atoms with van der Waals surface area (Å²) in [4.78, 5) is 72.7. The number of amides is 4. The Morgan fingerprint density at radius 2 is 1.47 bits per heavy atom. The molecule has 14 heteroatoms. The molecule has 6 atom stereocenters. The third-order valence-electron chi connectivity index (χ3n) is 12.8. The monoisotopic (exact) mass is 802 g/mol. The summed E-state index contributed by atoms with van der Waals surface area (Å²) < 4.78 is 9.63. The van der Waals surface area contributed by atoms with Crippen molar-refractivity contribution in [3.05, 3.63) is 72.4 Å². The minimum atomic E-state index is -0.699. The molecule has 4 N–H and O–H groups in total. The number of hydrogen-bond donors (Lipinski definition) is 4. The van der Waals surface area contributed by atoms with Crippen LogP contribution in [0.2, 0.25) is 0 Å². The maximum Gasteiger partial charge on any atom is 0.407 e. The van der Waals surface area contributed by atoms with Crippen molar-refractivity contribution in [2.45, 2.75) is 96.9 Å². The van der Waals surface area contributed by atoms with Crippen molar-refractivity contribution >= 4 is 45.8 Å². The third kappa shape index (κ3) is 7.27. The number of carbonyl (C=O) groups is 4. The molecule has 5 aromatic rings. The first-order valence-corrected chi connectivity index (χ1v) is 20.7. The summed E-state index contributed by atoms with van der Waals surface area (Å²) in [6.07, 6.45) is 5.06. The summed E-state index contributed by atoms with van der Waals surface area (Å²) in [7, 11) is 2.60. The minimum Gasteiger partial charge on any atom is -0.453 e. The van der Waals surface area contributed by atoms with Gasteiger partial charge in [0.15, 0.2) is 0 Å². The first-order chi connectivity index (χ1) is 28.3. The zero-order chi connectivity index (χ0) is 41.7. The number of nitrogens with zero attached hydrogens (tertiary/aromatic N) is 4. The summed E-state index contributed by atoms with van der Waals surface area (Å²) in [6.45, 7) is 10.5. The molecule has 3 aromatic carbocycles. The van der Waals surface area contributed by atoms with E-state index in [1.54, 1.807) is 0 Å². The van der Waals surface area contributed by atoms with E-state index in [0.717, 1.165) is 87.9 Å². The van der Waals surface area contributed by atoms with E-state index < -0.39 is 24.3 Å². The number of aromatic nitrogens is 4. The van der Waals surface area contributed by atoms with Crippen LogP contribution in [0.3, 0.4) is 0 Å². The van der Waals surface area contributed by atoms with Gasteiger partial charge in [0.25, 0.3) is 0 Å². The number of H-pyrrole nitrogens is 2. The summed E-state index contributed by atoms with van der Waals surface area (Å²) in [5, 5.41) is 7.59. The molecule has 1 saturated carbocycles. The van der Waals surface area contributed by atoms with E-state index in [1.807, 2.05) is 49.8 Å². The normalized spacial score (nSPS) is 22.4.